The zero-order valence-electron chi connectivity index (χ0n) is 14.6. The Hall–Kier alpha value is -3.27. The lowest BCUT2D eigenvalue weighted by molar-refractivity contribution is -0.119. The summed E-state index contributed by atoms with van der Waals surface area (Å²) in [6.07, 6.45) is 0. The summed E-state index contributed by atoms with van der Waals surface area (Å²) < 4.78 is 28.2. The van der Waals surface area contributed by atoms with Gasteiger partial charge in [0.05, 0.1) is 5.25 Å². The molecule has 3 amide bonds. The third-order valence-electron chi connectivity index (χ3n) is 3.72. The van der Waals surface area contributed by atoms with Crippen LogP contribution in [0.25, 0.3) is 17.1 Å². The van der Waals surface area contributed by atoms with Crippen molar-refractivity contribution in [2.24, 2.45) is 5.73 Å². The molecule has 0 fully saturated rings. The molecule has 1 heterocycles. The van der Waals surface area contributed by atoms with Gasteiger partial charge in [0.25, 0.3) is 0 Å². The molecular formula is C18H15F2N5O2S. The van der Waals surface area contributed by atoms with Crippen molar-refractivity contribution in [2.45, 2.75) is 17.3 Å². The standard InChI is InChI=1S/C18H15F2N5O2S/c1-10(16(26)22-17(21)27)28-18-24-23-15(11-2-4-12(19)5-3-11)25(18)14-8-6-13(20)7-9-14/h2-10H,1H3,(H3,21,22,26,27)/t10-/m1/s1. The molecule has 0 saturated heterocycles. The first-order valence-corrected chi connectivity index (χ1v) is 8.97. The molecule has 0 bridgehead atoms. The predicted molar refractivity (Wildman–Crippen MR) is 99.8 cm³/mol. The summed E-state index contributed by atoms with van der Waals surface area (Å²) in [4.78, 5) is 22.9. The van der Waals surface area contributed by atoms with Gasteiger partial charge in [-0.05, 0) is 55.5 Å². The SMILES string of the molecule is C[C@@H](Sc1nnc(-c2ccc(F)cc2)n1-c1ccc(F)cc1)C(=O)NC(N)=O. The highest BCUT2D eigenvalue weighted by Crippen LogP contribution is 2.30. The van der Waals surface area contributed by atoms with E-state index in [1.165, 1.54) is 48.5 Å². The Morgan fingerprint density at radius 1 is 1.04 bits per heavy atom. The van der Waals surface area contributed by atoms with Crippen LogP contribution in [-0.2, 0) is 4.79 Å². The van der Waals surface area contributed by atoms with Crippen molar-refractivity contribution in [2.75, 3.05) is 0 Å². The third-order valence-corrected chi connectivity index (χ3v) is 4.76. The van der Waals surface area contributed by atoms with E-state index in [4.69, 9.17) is 5.73 Å². The van der Waals surface area contributed by atoms with Gasteiger partial charge in [-0.3, -0.25) is 14.7 Å². The van der Waals surface area contributed by atoms with Gasteiger partial charge >= 0.3 is 6.03 Å². The summed E-state index contributed by atoms with van der Waals surface area (Å²) in [6.45, 7) is 1.57. The second-order valence-electron chi connectivity index (χ2n) is 5.74. The van der Waals surface area contributed by atoms with Gasteiger partial charge in [0, 0.05) is 11.3 Å². The maximum atomic E-state index is 13.4. The van der Waals surface area contributed by atoms with E-state index in [0.717, 1.165) is 11.8 Å². The third kappa shape index (κ3) is 4.34. The molecule has 1 aromatic heterocycles. The quantitative estimate of drug-likeness (QED) is 0.638. The number of hydrogen-bond donors (Lipinski definition) is 2. The summed E-state index contributed by atoms with van der Waals surface area (Å²) in [6, 6.07) is 10.3. The largest absolute Gasteiger partial charge is 0.351 e. The number of primary amides is 1. The molecule has 144 valence electrons. The van der Waals surface area contributed by atoms with Gasteiger partial charge in [-0.15, -0.1) is 10.2 Å². The maximum absolute atomic E-state index is 13.4. The van der Waals surface area contributed by atoms with Crippen LogP contribution in [0.5, 0.6) is 0 Å². The van der Waals surface area contributed by atoms with Crippen molar-refractivity contribution in [1.82, 2.24) is 20.1 Å². The van der Waals surface area contributed by atoms with Crippen LogP contribution < -0.4 is 11.1 Å². The summed E-state index contributed by atoms with van der Waals surface area (Å²) >= 11 is 1.04. The minimum atomic E-state index is -0.954. The van der Waals surface area contributed by atoms with E-state index in [0.29, 0.717) is 22.2 Å². The number of hydrogen-bond acceptors (Lipinski definition) is 5. The van der Waals surface area contributed by atoms with Crippen molar-refractivity contribution in [3.63, 3.8) is 0 Å². The Kier molecular flexibility index (Phi) is 5.69. The molecule has 3 N–H and O–H groups in total. The summed E-state index contributed by atoms with van der Waals surface area (Å²) in [5.74, 6) is -1.02. The van der Waals surface area contributed by atoms with Crippen molar-refractivity contribution in [3.8, 4) is 17.1 Å². The van der Waals surface area contributed by atoms with Crippen LogP contribution in [0.4, 0.5) is 13.6 Å². The minimum absolute atomic E-state index is 0.332. The fourth-order valence-electron chi connectivity index (χ4n) is 2.39. The molecule has 7 nitrogen and oxygen atoms in total. The van der Waals surface area contributed by atoms with Crippen LogP contribution >= 0.6 is 11.8 Å². The molecule has 1 atom stereocenters. The van der Waals surface area contributed by atoms with Gasteiger partial charge in [-0.2, -0.15) is 0 Å². The number of aromatic nitrogens is 3. The Bertz CT molecular complexity index is 1010. The minimum Gasteiger partial charge on any atom is -0.351 e. The Labute approximate surface area is 162 Å². The molecule has 0 radical (unpaired) electrons. The fourth-order valence-corrected chi connectivity index (χ4v) is 3.26. The molecule has 2 aromatic carbocycles. The topological polar surface area (TPSA) is 103 Å². The van der Waals surface area contributed by atoms with Crippen molar-refractivity contribution in [3.05, 3.63) is 60.2 Å². The van der Waals surface area contributed by atoms with E-state index < -0.39 is 28.8 Å². The highest BCUT2D eigenvalue weighted by Gasteiger charge is 2.22. The number of nitrogens with two attached hydrogens (primary N) is 1. The smallest absolute Gasteiger partial charge is 0.318 e. The van der Waals surface area contributed by atoms with E-state index in [9.17, 15) is 18.4 Å². The molecule has 0 aliphatic carbocycles. The number of carbonyl (C=O) groups excluding carboxylic acids is 2. The monoisotopic (exact) mass is 403 g/mol. The lowest BCUT2D eigenvalue weighted by Gasteiger charge is -2.13. The fraction of sp³-hybridized carbons (Fsp3) is 0.111. The van der Waals surface area contributed by atoms with Crippen LogP contribution in [0.1, 0.15) is 6.92 Å². The first-order chi connectivity index (χ1) is 13.3. The summed E-state index contributed by atoms with van der Waals surface area (Å²) in [5, 5.41) is 9.87. The highest BCUT2D eigenvalue weighted by molar-refractivity contribution is 8.00. The van der Waals surface area contributed by atoms with Gasteiger partial charge < -0.3 is 5.73 Å². The van der Waals surface area contributed by atoms with Gasteiger partial charge in [0.1, 0.15) is 11.6 Å². The molecule has 28 heavy (non-hydrogen) atoms. The molecule has 0 aliphatic heterocycles. The van der Waals surface area contributed by atoms with Crippen LogP contribution in [0.15, 0.2) is 53.7 Å². The lowest BCUT2D eigenvalue weighted by atomic mass is 10.2. The number of benzene rings is 2. The van der Waals surface area contributed by atoms with Gasteiger partial charge in [0.2, 0.25) is 5.91 Å². The lowest BCUT2D eigenvalue weighted by Crippen LogP contribution is -2.39. The number of carbonyl (C=O) groups is 2. The molecule has 10 heteroatoms. The van der Waals surface area contributed by atoms with E-state index in [-0.39, 0.29) is 0 Å². The number of thioether (sulfide) groups is 1. The molecule has 3 aromatic rings. The summed E-state index contributed by atoms with van der Waals surface area (Å²) in [5.41, 5.74) is 6.11. The highest BCUT2D eigenvalue weighted by atomic mass is 32.2. The van der Waals surface area contributed by atoms with Gasteiger partial charge in [-0.25, -0.2) is 13.6 Å². The van der Waals surface area contributed by atoms with Crippen molar-refractivity contribution >= 4 is 23.7 Å². The van der Waals surface area contributed by atoms with E-state index >= 15 is 0 Å². The van der Waals surface area contributed by atoms with Crippen LogP contribution in [0.2, 0.25) is 0 Å². The average molecular weight is 403 g/mol. The maximum Gasteiger partial charge on any atom is 0.318 e. The second kappa shape index (κ2) is 8.17. The molecule has 3 rings (SSSR count). The number of rotatable bonds is 5. The van der Waals surface area contributed by atoms with Crippen molar-refractivity contribution in [1.29, 1.82) is 0 Å². The molecule has 0 unspecified atom stereocenters. The van der Waals surface area contributed by atoms with Crippen LogP contribution in [0, 0.1) is 11.6 Å². The molecule has 0 aliphatic rings. The normalized spacial score (nSPS) is 11.8. The number of nitrogens with one attached hydrogen (secondary N) is 1. The van der Waals surface area contributed by atoms with E-state index in [1.54, 1.807) is 11.5 Å². The average Bonchev–Trinajstić information content (AvgIpc) is 3.06. The zero-order valence-corrected chi connectivity index (χ0v) is 15.4. The zero-order chi connectivity index (χ0) is 20.3. The Morgan fingerprint density at radius 3 is 2.18 bits per heavy atom. The van der Waals surface area contributed by atoms with E-state index in [1.807, 2.05) is 5.32 Å². The molecular weight excluding hydrogens is 388 g/mol. The molecule has 0 saturated carbocycles. The first-order valence-electron chi connectivity index (χ1n) is 8.09. The molecule has 0 spiro atoms. The van der Waals surface area contributed by atoms with Gasteiger partial charge in [-0.1, -0.05) is 11.8 Å². The van der Waals surface area contributed by atoms with Crippen LogP contribution in [0.3, 0.4) is 0 Å². The number of nitrogens with zero attached hydrogens (tertiary/aromatic N) is 3. The predicted octanol–water partition coefficient (Wildman–Crippen LogP) is 2.89. The Morgan fingerprint density at radius 2 is 1.61 bits per heavy atom. The summed E-state index contributed by atoms with van der Waals surface area (Å²) in [7, 11) is 0. The van der Waals surface area contributed by atoms with Crippen LogP contribution in [-0.4, -0.2) is 32.0 Å². The van der Waals surface area contributed by atoms with Crippen molar-refractivity contribution < 1.29 is 18.4 Å². The number of halogens is 2. The number of imide groups is 1. The first kappa shape index (κ1) is 19.5. The van der Waals surface area contributed by atoms with Gasteiger partial charge in [0.15, 0.2) is 11.0 Å². The Balaban J connectivity index is 2.02. The second-order valence-corrected chi connectivity index (χ2v) is 7.05. The number of urea groups is 1. The number of amides is 3. The van der Waals surface area contributed by atoms with E-state index in [2.05, 4.69) is 10.2 Å².